The Morgan fingerprint density at radius 1 is 1.17 bits per heavy atom. The smallest absolute Gasteiger partial charge is 0.156 e. The Hall–Kier alpha value is -2.29. The summed E-state index contributed by atoms with van der Waals surface area (Å²) in [5.41, 5.74) is 3.13. The van der Waals surface area contributed by atoms with Gasteiger partial charge in [-0.3, -0.25) is 0 Å². The van der Waals surface area contributed by atoms with Crippen LogP contribution in [0.4, 0.5) is 5.69 Å². The van der Waals surface area contributed by atoms with E-state index in [4.69, 9.17) is 0 Å². The van der Waals surface area contributed by atoms with E-state index in [1.54, 1.807) is 11.3 Å². The lowest BCUT2D eigenvalue weighted by Gasteiger charge is -2.11. The van der Waals surface area contributed by atoms with Crippen LogP contribution in [0.25, 0.3) is 16.3 Å². The van der Waals surface area contributed by atoms with Crippen molar-refractivity contribution in [3.63, 3.8) is 0 Å². The van der Waals surface area contributed by atoms with Crippen LogP contribution in [0.1, 0.15) is 5.56 Å². The van der Waals surface area contributed by atoms with E-state index in [2.05, 4.69) is 16.0 Å². The minimum absolute atomic E-state index is 0.640. The van der Waals surface area contributed by atoms with Crippen LogP contribution in [-0.4, -0.2) is 19.1 Å². The molecule has 0 unspecified atom stereocenters. The van der Waals surface area contributed by atoms with Gasteiger partial charge in [0.2, 0.25) is 0 Å². The first-order valence-electron chi connectivity index (χ1n) is 7.08. The Kier molecular flexibility index (Phi) is 4.65. The molecule has 0 bridgehead atoms. The zero-order chi connectivity index (χ0) is 16.2. The number of fused-ring (bicyclic) bond motifs is 1. The van der Waals surface area contributed by atoms with Crippen LogP contribution in [0.15, 0.2) is 57.8 Å². The number of nitrogens with zero attached hydrogens (tertiary/aromatic N) is 3. The Balaban J connectivity index is 1.82. The molecular formula is C18H15N3S2. The number of rotatable bonds is 4. The number of anilines is 1. The molecule has 2 aromatic carbocycles. The van der Waals surface area contributed by atoms with E-state index in [0.29, 0.717) is 4.91 Å². The van der Waals surface area contributed by atoms with E-state index in [0.717, 1.165) is 25.8 Å². The number of thiazole rings is 1. The maximum Gasteiger partial charge on any atom is 0.156 e. The maximum atomic E-state index is 9.40. The lowest BCUT2D eigenvalue weighted by Crippen LogP contribution is -2.07. The fourth-order valence-corrected chi connectivity index (χ4v) is 4.07. The second-order valence-corrected chi connectivity index (χ2v) is 7.48. The van der Waals surface area contributed by atoms with Gasteiger partial charge in [0, 0.05) is 19.8 Å². The maximum absolute atomic E-state index is 9.40. The first-order valence-corrected chi connectivity index (χ1v) is 8.71. The lowest BCUT2D eigenvalue weighted by atomic mass is 10.2. The number of hydrogen-bond acceptors (Lipinski definition) is 5. The SMILES string of the molecule is CN(C)c1ccc(/C=C(\C#N)Sc2nc3ccccc3s2)cc1. The fraction of sp³-hybridized carbons (Fsp3) is 0.111. The molecule has 0 aliphatic rings. The number of allylic oxidation sites excluding steroid dienone is 1. The Morgan fingerprint density at radius 2 is 1.91 bits per heavy atom. The first-order chi connectivity index (χ1) is 11.2. The van der Waals surface area contributed by atoms with Crippen LogP contribution in [-0.2, 0) is 0 Å². The summed E-state index contributed by atoms with van der Waals surface area (Å²) in [5.74, 6) is 0. The number of benzene rings is 2. The summed E-state index contributed by atoms with van der Waals surface area (Å²) in [4.78, 5) is 7.25. The molecule has 3 rings (SSSR count). The molecule has 0 saturated heterocycles. The van der Waals surface area contributed by atoms with Crippen molar-refractivity contribution in [3.8, 4) is 6.07 Å². The Bertz CT molecular complexity index is 854. The molecule has 0 aliphatic heterocycles. The molecule has 23 heavy (non-hydrogen) atoms. The van der Waals surface area contributed by atoms with Crippen molar-refractivity contribution in [2.75, 3.05) is 19.0 Å². The zero-order valence-electron chi connectivity index (χ0n) is 12.9. The van der Waals surface area contributed by atoms with E-state index in [1.807, 2.05) is 68.7 Å². The quantitative estimate of drug-likeness (QED) is 0.495. The van der Waals surface area contributed by atoms with Gasteiger partial charge < -0.3 is 4.90 Å². The van der Waals surface area contributed by atoms with Gasteiger partial charge in [-0.1, -0.05) is 24.3 Å². The third-order valence-electron chi connectivity index (χ3n) is 3.29. The first kappa shape index (κ1) is 15.6. The molecule has 0 spiro atoms. The van der Waals surface area contributed by atoms with Crippen molar-refractivity contribution in [3.05, 3.63) is 59.0 Å². The highest BCUT2D eigenvalue weighted by Crippen LogP contribution is 2.34. The molecule has 0 amide bonds. The Morgan fingerprint density at radius 3 is 2.57 bits per heavy atom. The summed E-state index contributed by atoms with van der Waals surface area (Å²) in [6.07, 6.45) is 1.90. The summed E-state index contributed by atoms with van der Waals surface area (Å²) < 4.78 is 2.03. The van der Waals surface area contributed by atoms with Crippen LogP contribution < -0.4 is 4.90 Å². The van der Waals surface area contributed by atoms with Crippen LogP contribution in [0.5, 0.6) is 0 Å². The Labute approximate surface area is 143 Å². The third kappa shape index (κ3) is 3.73. The van der Waals surface area contributed by atoms with Crippen LogP contribution in [0, 0.1) is 11.3 Å². The molecule has 1 aromatic heterocycles. The minimum Gasteiger partial charge on any atom is -0.378 e. The van der Waals surface area contributed by atoms with Crippen molar-refractivity contribution in [1.29, 1.82) is 5.26 Å². The van der Waals surface area contributed by atoms with Crippen molar-refractivity contribution in [2.24, 2.45) is 0 Å². The standard InChI is InChI=1S/C18H15N3S2/c1-21(2)14-9-7-13(8-10-14)11-15(12-19)22-18-20-16-5-3-4-6-17(16)23-18/h3-11H,1-2H3/b15-11+. The van der Waals surface area contributed by atoms with Gasteiger partial charge in [-0.05, 0) is 47.7 Å². The topological polar surface area (TPSA) is 39.9 Å². The molecule has 0 radical (unpaired) electrons. The predicted octanol–water partition coefficient (Wildman–Crippen LogP) is 5.02. The molecule has 0 aliphatic carbocycles. The van der Waals surface area contributed by atoms with Gasteiger partial charge in [0.15, 0.2) is 4.34 Å². The highest BCUT2D eigenvalue weighted by atomic mass is 32.2. The normalized spacial score (nSPS) is 11.4. The number of hydrogen-bond donors (Lipinski definition) is 0. The summed E-state index contributed by atoms with van der Waals surface area (Å²) in [5, 5.41) is 9.40. The molecule has 0 saturated carbocycles. The van der Waals surface area contributed by atoms with Crippen molar-refractivity contribution < 1.29 is 0 Å². The summed E-state index contributed by atoms with van der Waals surface area (Å²) in [6.45, 7) is 0. The molecular weight excluding hydrogens is 322 g/mol. The van der Waals surface area contributed by atoms with E-state index in [-0.39, 0.29) is 0 Å². The van der Waals surface area contributed by atoms with E-state index in [9.17, 15) is 5.26 Å². The van der Waals surface area contributed by atoms with Crippen molar-refractivity contribution >= 4 is 45.1 Å². The summed E-state index contributed by atoms with van der Waals surface area (Å²) in [6, 6.07) is 18.4. The summed E-state index contributed by atoms with van der Waals surface area (Å²) >= 11 is 3.03. The van der Waals surface area contributed by atoms with E-state index in [1.165, 1.54) is 11.8 Å². The number of para-hydroxylation sites is 1. The van der Waals surface area contributed by atoms with Crippen LogP contribution >= 0.6 is 23.1 Å². The second kappa shape index (κ2) is 6.86. The third-order valence-corrected chi connectivity index (χ3v) is 5.31. The average Bonchev–Trinajstić information content (AvgIpc) is 2.97. The number of aromatic nitrogens is 1. The minimum atomic E-state index is 0.640. The zero-order valence-corrected chi connectivity index (χ0v) is 14.5. The average molecular weight is 337 g/mol. The lowest BCUT2D eigenvalue weighted by molar-refractivity contribution is 1.13. The molecule has 0 N–H and O–H groups in total. The van der Waals surface area contributed by atoms with Gasteiger partial charge in [-0.25, -0.2) is 4.98 Å². The highest BCUT2D eigenvalue weighted by molar-refractivity contribution is 8.05. The number of nitriles is 1. The van der Waals surface area contributed by atoms with Crippen LogP contribution in [0.3, 0.4) is 0 Å². The van der Waals surface area contributed by atoms with Gasteiger partial charge in [-0.2, -0.15) is 5.26 Å². The van der Waals surface area contributed by atoms with Crippen molar-refractivity contribution in [1.82, 2.24) is 4.98 Å². The molecule has 3 nitrogen and oxygen atoms in total. The van der Waals surface area contributed by atoms with E-state index < -0.39 is 0 Å². The van der Waals surface area contributed by atoms with E-state index >= 15 is 0 Å². The van der Waals surface area contributed by atoms with Crippen LogP contribution in [0.2, 0.25) is 0 Å². The molecule has 114 valence electrons. The molecule has 1 heterocycles. The van der Waals surface area contributed by atoms with Gasteiger partial charge in [-0.15, -0.1) is 11.3 Å². The molecule has 3 aromatic rings. The van der Waals surface area contributed by atoms with Gasteiger partial charge in [0.05, 0.1) is 15.1 Å². The molecule has 5 heteroatoms. The largest absolute Gasteiger partial charge is 0.378 e. The van der Waals surface area contributed by atoms with Gasteiger partial charge >= 0.3 is 0 Å². The highest BCUT2D eigenvalue weighted by Gasteiger charge is 2.07. The fourth-order valence-electron chi connectivity index (χ4n) is 2.09. The van der Waals surface area contributed by atoms with Gasteiger partial charge in [0.1, 0.15) is 6.07 Å². The summed E-state index contributed by atoms with van der Waals surface area (Å²) in [7, 11) is 4.02. The monoisotopic (exact) mass is 337 g/mol. The molecule has 0 atom stereocenters. The molecule has 0 fully saturated rings. The van der Waals surface area contributed by atoms with Gasteiger partial charge in [0.25, 0.3) is 0 Å². The second-order valence-electron chi connectivity index (χ2n) is 5.16. The predicted molar refractivity (Wildman–Crippen MR) is 99.8 cm³/mol. The number of thioether (sulfide) groups is 1. The van der Waals surface area contributed by atoms with Crippen molar-refractivity contribution in [2.45, 2.75) is 4.34 Å².